The number of anilines is 1. The Hall–Kier alpha value is -2.47. The monoisotopic (exact) mass is 252 g/mol. The zero-order valence-electron chi connectivity index (χ0n) is 11.1. The molecule has 3 nitrogen and oxygen atoms in total. The number of nitrogens with zero attached hydrogens (tertiary/aromatic N) is 1. The maximum Gasteiger partial charge on any atom is 0.151 e. The van der Waals surface area contributed by atoms with Crippen LogP contribution in [0.3, 0.4) is 0 Å². The molecule has 0 aromatic heterocycles. The summed E-state index contributed by atoms with van der Waals surface area (Å²) < 4.78 is 5.71. The Balaban J connectivity index is 2.24. The largest absolute Gasteiger partial charge is 0.455 e. The number of nitriles is 1. The molecule has 0 unspecified atom stereocenters. The SMILES string of the molecule is CC(C)c1ccc(Oc2cc(C#N)ccc2N)cc1. The van der Waals surface area contributed by atoms with Crippen molar-refractivity contribution in [3.05, 3.63) is 53.6 Å². The highest BCUT2D eigenvalue weighted by Crippen LogP contribution is 2.29. The van der Waals surface area contributed by atoms with Gasteiger partial charge in [-0.05, 0) is 35.7 Å². The predicted molar refractivity (Wildman–Crippen MR) is 76.2 cm³/mol. The smallest absolute Gasteiger partial charge is 0.151 e. The number of nitrogen functional groups attached to an aromatic ring is 1. The first kappa shape index (κ1) is 13.0. The normalized spacial score (nSPS) is 10.2. The molecule has 2 rings (SSSR count). The van der Waals surface area contributed by atoms with E-state index in [9.17, 15) is 0 Å². The summed E-state index contributed by atoms with van der Waals surface area (Å²) in [6.07, 6.45) is 0. The van der Waals surface area contributed by atoms with E-state index < -0.39 is 0 Å². The molecule has 0 spiro atoms. The summed E-state index contributed by atoms with van der Waals surface area (Å²) in [6, 6.07) is 14.9. The van der Waals surface area contributed by atoms with Gasteiger partial charge in [-0.1, -0.05) is 26.0 Å². The molecule has 2 aromatic carbocycles. The van der Waals surface area contributed by atoms with Crippen molar-refractivity contribution in [2.75, 3.05) is 5.73 Å². The predicted octanol–water partition coefficient (Wildman–Crippen LogP) is 4.06. The van der Waals surface area contributed by atoms with Crippen LogP contribution in [-0.4, -0.2) is 0 Å². The molecule has 0 aliphatic carbocycles. The number of nitrogens with two attached hydrogens (primary N) is 1. The molecule has 0 bridgehead atoms. The maximum absolute atomic E-state index is 8.87. The summed E-state index contributed by atoms with van der Waals surface area (Å²) in [5.41, 5.74) is 8.14. The molecular formula is C16H16N2O. The van der Waals surface area contributed by atoms with Gasteiger partial charge in [0, 0.05) is 6.07 Å². The standard InChI is InChI=1S/C16H16N2O/c1-11(2)13-4-6-14(7-5-13)19-16-9-12(10-17)3-8-15(16)18/h3-9,11H,18H2,1-2H3. The second-order valence-electron chi connectivity index (χ2n) is 4.69. The Morgan fingerprint density at radius 2 is 1.79 bits per heavy atom. The highest BCUT2D eigenvalue weighted by molar-refractivity contribution is 5.57. The van der Waals surface area contributed by atoms with E-state index in [1.54, 1.807) is 18.2 Å². The second-order valence-corrected chi connectivity index (χ2v) is 4.69. The summed E-state index contributed by atoms with van der Waals surface area (Å²) in [4.78, 5) is 0. The van der Waals surface area contributed by atoms with E-state index in [1.807, 2.05) is 24.3 Å². The molecule has 0 aliphatic heterocycles. The number of ether oxygens (including phenoxy) is 1. The molecule has 2 N–H and O–H groups in total. The Morgan fingerprint density at radius 3 is 2.37 bits per heavy atom. The minimum absolute atomic E-state index is 0.487. The van der Waals surface area contributed by atoms with Gasteiger partial charge in [-0.15, -0.1) is 0 Å². The van der Waals surface area contributed by atoms with E-state index in [1.165, 1.54) is 5.56 Å². The number of hydrogen-bond donors (Lipinski definition) is 1. The third kappa shape index (κ3) is 3.05. The maximum atomic E-state index is 8.87. The van der Waals surface area contributed by atoms with E-state index in [0.29, 0.717) is 28.7 Å². The molecule has 2 aromatic rings. The Morgan fingerprint density at radius 1 is 1.11 bits per heavy atom. The van der Waals surface area contributed by atoms with Crippen LogP contribution in [0.5, 0.6) is 11.5 Å². The lowest BCUT2D eigenvalue weighted by molar-refractivity contribution is 0.484. The van der Waals surface area contributed by atoms with Crippen molar-refractivity contribution < 1.29 is 4.74 Å². The molecule has 0 saturated carbocycles. The Bertz CT molecular complexity index is 610. The quantitative estimate of drug-likeness (QED) is 0.838. The van der Waals surface area contributed by atoms with Crippen molar-refractivity contribution in [3.63, 3.8) is 0 Å². The average molecular weight is 252 g/mol. The van der Waals surface area contributed by atoms with Gasteiger partial charge in [0.15, 0.2) is 5.75 Å². The van der Waals surface area contributed by atoms with Gasteiger partial charge in [0.1, 0.15) is 5.75 Å². The molecule has 0 saturated heterocycles. The van der Waals surface area contributed by atoms with Crippen molar-refractivity contribution in [2.45, 2.75) is 19.8 Å². The van der Waals surface area contributed by atoms with Gasteiger partial charge in [-0.2, -0.15) is 5.26 Å². The van der Waals surface area contributed by atoms with Crippen molar-refractivity contribution in [1.82, 2.24) is 0 Å². The zero-order valence-corrected chi connectivity index (χ0v) is 11.1. The highest BCUT2D eigenvalue weighted by atomic mass is 16.5. The lowest BCUT2D eigenvalue weighted by atomic mass is 10.0. The van der Waals surface area contributed by atoms with Gasteiger partial charge >= 0.3 is 0 Å². The van der Waals surface area contributed by atoms with E-state index in [4.69, 9.17) is 15.7 Å². The first-order chi connectivity index (χ1) is 9.10. The Kier molecular flexibility index (Phi) is 3.72. The minimum Gasteiger partial charge on any atom is -0.455 e. The average Bonchev–Trinajstić information content (AvgIpc) is 2.42. The molecule has 0 aliphatic rings. The molecule has 0 radical (unpaired) electrons. The van der Waals surface area contributed by atoms with Crippen LogP contribution in [0.1, 0.15) is 30.9 Å². The second kappa shape index (κ2) is 5.45. The molecule has 0 amide bonds. The van der Waals surface area contributed by atoms with Crippen LogP contribution >= 0.6 is 0 Å². The van der Waals surface area contributed by atoms with Gasteiger partial charge in [-0.25, -0.2) is 0 Å². The van der Waals surface area contributed by atoms with E-state index in [-0.39, 0.29) is 0 Å². The van der Waals surface area contributed by atoms with Crippen molar-refractivity contribution >= 4 is 5.69 Å². The lowest BCUT2D eigenvalue weighted by Crippen LogP contribution is -1.93. The molecule has 3 heteroatoms. The van der Waals surface area contributed by atoms with Crippen LogP contribution in [0, 0.1) is 11.3 Å². The molecule has 96 valence electrons. The van der Waals surface area contributed by atoms with Crippen molar-refractivity contribution in [1.29, 1.82) is 5.26 Å². The Labute approximate surface area is 113 Å². The molecule has 0 fully saturated rings. The summed E-state index contributed by atoms with van der Waals surface area (Å²) in [6.45, 7) is 4.29. The zero-order chi connectivity index (χ0) is 13.8. The van der Waals surface area contributed by atoms with Crippen LogP contribution in [-0.2, 0) is 0 Å². The van der Waals surface area contributed by atoms with Gasteiger partial charge in [0.2, 0.25) is 0 Å². The molecule has 0 heterocycles. The summed E-state index contributed by atoms with van der Waals surface area (Å²) in [7, 11) is 0. The van der Waals surface area contributed by atoms with Crippen LogP contribution in [0.4, 0.5) is 5.69 Å². The first-order valence-corrected chi connectivity index (χ1v) is 6.17. The molecular weight excluding hydrogens is 236 g/mol. The highest BCUT2D eigenvalue weighted by Gasteiger charge is 2.05. The number of hydrogen-bond acceptors (Lipinski definition) is 3. The van der Waals surface area contributed by atoms with Gasteiger partial charge in [0.05, 0.1) is 17.3 Å². The van der Waals surface area contributed by atoms with Gasteiger partial charge < -0.3 is 10.5 Å². The van der Waals surface area contributed by atoms with E-state index in [0.717, 1.165) is 0 Å². The van der Waals surface area contributed by atoms with Crippen LogP contribution in [0.15, 0.2) is 42.5 Å². The number of benzene rings is 2. The van der Waals surface area contributed by atoms with Crippen LogP contribution < -0.4 is 10.5 Å². The lowest BCUT2D eigenvalue weighted by Gasteiger charge is -2.10. The first-order valence-electron chi connectivity index (χ1n) is 6.17. The van der Waals surface area contributed by atoms with Crippen molar-refractivity contribution in [3.8, 4) is 17.6 Å². The fraction of sp³-hybridized carbons (Fsp3) is 0.188. The summed E-state index contributed by atoms with van der Waals surface area (Å²) >= 11 is 0. The van der Waals surface area contributed by atoms with Crippen LogP contribution in [0.25, 0.3) is 0 Å². The summed E-state index contributed by atoms with van der Waals surface area (Å²) in [5.74, 6) is 1.71. The minimum atomic E-state index is 0.487. The van der Waals surface area contributed by atoms with E-state index in [2.05, 4.69) is 19.9 Å². The summed E-state index contributed by atoms with van der Waals surface area (Å²) in [5, 5.41) is 8.87. The topological polar surface area (TPSA) is 59.0 Å². The third-order valence-corrected chi connectivity index (χ3v) is 2.92. The fourth-order valence-corrected chi connectivity index (χ4v) is 1.74. The molecule has 0 atom stereocenters. The fourth-order valence-electron chi connectivity index (χ4n) is 1.74. The van der Waals surface area contributed by atoms with Crippen LogP contribution in [0.2, 0.25) is 0 Å². The van der Waals surface area contributed by atoms with Crippen molar-refractivity contribution in [2.24, 2.45) is 0 Å². The third-order valence-electron chi connectivity index (χ3n) is 2.92. The van der Waals surface area contributed by atoms with Gasteiger partial charge in [0.25, 0.3) is 0 Å². The molecule has 19 heavy (non-hydrogen) atoms. The number of rotatable bonds is 3. The van der Waals surface area contributed by atoms with E-state index >= 15 is 0 Å². The van der Waals surface area contributed by atoms with Gasteiger partial charge in [-0.3, -0.25) is 0 Å².